The molecule has 1 amide bonds. The number of aliphatic hydroxyl groups excluding tert-OH is 1. The van der Waals surface area contributed by atoms with Gasteiger partial charge in [-0.25, -0.2) is 0 Å². The minimum absolute atomic E-state index is 0.119. The Balaban J connectivity index is 1.30. The molecule has 1 N–H and O–H groups in total. The molecule has 3 aliphatic rings. The van der Waals surface area contributed by atoms with E-state index in [1.165, 1.54) is 31.2 Å². The lowest BCUT2D eigenvalue weighted by Crippen LogP contribution is -2.68. The number of nitrogens with zero attached hydrogens (tertiary/aromatic N) is 3. The third kappa shape index (κ3) is 5.04. The lowest BCUT2D eigenvalue weighted by Gasteiger charge is -2.57. The highest BCUT2D eigenvalue weighted by atomic mass is 16.3. The summed E-state index contributed by atoms with van der Waals surface area (Å²) in [5.74, 6) is 7.77. The van der Waals surface area contributed by atoms with Crippen LogP contribution in [0.15, 0.2) is 48.8 Å². The fourth-order valence-electron chi connectivity index (χ4n) is 6.00. The highest BCUT2D eigenvalue weighted by Gasteiger charge is 2.49. The highest BCUT2D eigenvalue weighted by Crippen LogP contribution is 2.42. The van der Waals surface area contributed by atoms with Crippen LogP contribution < -0.4 is 0 Å². The van der Waals surface area contributed by atoms with Crippen molar-refractivity contribution in [3.63, 3.8) is 0 Å². The number of pyridine rings is 1. The molecular weight excluding hydrogens is 422 g/mol. The molecule has 1 aliphatic carbocycles. The number of aliphatic hydroxyl groups is 1. The normalized spacial score (nSPS) is 25.4. The van der Waals surface area contributed by atoms with Gasteiger partial charge < -0.3 is 10.0 Å². The topological polar surface area (TPSA) is 56.7 Å². The van der Waals surface area contributed by atoms with Gasteiger partial charge in [0.2, 0.25) is 5.91 Å². The summed E-state index contributed by atoms with van der Waals surface area (Å²) in [5, 5.41) is 10.2. The number of aromatic nitrogens is 1. The molecule has 1 saturated carbocycles. The van der Waals surface area contributed by atoms with Crippen molar-refractivity contribution in [2.75, 3.05) is 26.2 Å². The molecule has 3 atom stereocenters. The Labute approximate surface area is 203 Å². The molecule has 3 heterocycles. The summed E-state index contributed by atoms with van der Waals surface area (Å²) >= 11 is 0. The van der Waals surface area contributed by atoms with E-state index in [0.717, 1.165) is 37.1 Å². The number of carbonyl (C=O) groups is 1. The van der Waals surface area contributed by atoms with Crippen molar-refractivity contribution in [2.45, 2.75) is 62.9 Å². The molecule has 0 unspecified atom stereocenters. The van der Waals surface area contributed by atoms with Crippen LogP contribution in [0.2, 0.25) is 0 Å². The van der Waals surface area contributed by atoms with Crippen molar-refractivity contribution < 1.29 is 9.90 Å². The molecule has 0 bridgehead atoms. The van der Waals surface area contributed by atoms with E-state index in [1.54, 1.807) is 12.4 Å². The van der Waals surface area contributed by atoms with E-state index in [0.29, 0.717) is 18.9 Å². The summed E-state index contributed by atoms with van der Waals surface area (Å²) in [5.41, 5.74) is 3.27. The van der Waals surface area contributed by atoms with Crippen LogP contribution in [0.5, 0.6) is 0 Å². The molecule has 1 aromatic carbocycles. The standard InChI is InChI=1S/C29H35N3O2/c33-21-27-29(25-13-11-23(12-14-25)10-9-22-6-1-2-7-22)26-20-31(16-3-4-17-32(26)27)28(34)18-24-8-5-15-30-19-24/h5,8,11-15,19,22,26-27,29,33H,1-4,6-7,16-18,20-21H2/t26-,27-,29+/m0/s1. The van der Waals surface area contributed by atoms with E-state index in [2.05, 4.69) is 46.0 Å². The summed E-state index contributed by atoms with van der Waals surface area (Å²) in [7, 11) is 0. The molecule has 0 spiro atoms. The molecule has 3 fully saturated rings. The van der Waals surface area contributed by atoms with Crippen molar-refractivity contribution >= 4 is 5.91 Å². The van der Waals surface area contributed by atoms with Crippen LogP contribution >= 0.6 is 0 Å². The molecule has 34 heavy (non-hydrogen) atoms. The molecule has 178 valence electrons. The zero-order valence-electron chi connectivity index (χ0n) is 19.9. The quantitative estimate of drug-likeness (QED) is 0.713. The second-order valence-corrected chi connectivity index (χ2v) is 10.0. The van der Waals surface area contributed by atoms with Crippen molar-refractivity contribution in [3.8, 4) is 11.8 Å². The predicted molar refractivity (Wildman–Crippen MR) is 133 cm³/mol. The van der Waals surface area contributed by atoms with Gasteiger partial charge in [0, 0.05) is 55.0 Å². The lowest BCUT2D eigenvalue weighted by atomic mass is 9.74. The summed E-state index contributed by atoms with van der Waals surface area (Å²) in [4.78, 5) is 21.7. The first-order valence-electron chi connectivity index (χ1n) is 12.9. The molecule has 0 radical (unpaired) electrons. The summed E-state index contributed by atoms with van der Waals surface area (Å²) < 4.78 is 0. The van der Waals surface area contributed by atoms with Gasteiger partial charge >= 0.3 is 0 Å². The van der Waals surface area contributed by atoms with Crippen LogP contribution in [-0.4, -0.2) is 64.1 Å². The Hall–Kier alpha value is -2.68. The van der Waals surface area contributed by atoms with Crippen LogP contribution in [0, 0.1) is 17.8 Å². The maximum absolute atomic E-state index is 13.1. The van der Waals surface area contributed by atoms with E-state index in [1.807, 2.05) is 17.0 Å². The van der Waals surface area contributed by atoms with Crippen molar-refractivity contribution in [1.29, 1.82) is 0 Å². The Morgan fingerprint density at radius 2 is 1.85 bits per heavy atom. The summed E-state index contributed by atoms with van der Waals surface area (Å²) in [6, 6.07) is 12.8. The second kappa shape index (κ2) is 10.7. The number of benzene rings is 1. The van der Waals surface area contributed by atoms with E-state index >= 15 is 0 Å². The third-order valence-corrected chi connectivity index (χ3v) is 7.87. The molecule has 2 aliphatic heterocycles. The van der Waals surface area contributed by atoms with Gasteiger partial charge in [-0.2, -0.15) is 0 Å². The number of carbonyl (C=O) groups excluding carboxylic acids is 1. The first kappa shape index (κ1) is 23.1. The highest BCUT2D eigenvalue weighted by molar-refractivity contribution is 5.78. The number of hydrogen-bond donors (Lipinski definition) is 1. The van der Waals surface area contributed by atoms with Crippen LogP contribution in [0.1, 0.15) is 61.1 Å². The van der Waals surface area contributed by atoms with Gasteiger partial charge in [0.25, 0.3) is 0 Å². The third-order valence-electron chi connectivity index (χ3n) is 7.87. The first-order valence-corrected chi connectivity index (χ1v) is 12.9. The SMILES string of the molecule is O=C(Cc1cccnc1)N1CCCCN2[C@@H](CO)[C@H](c3ccc(C#CC4CCCC4)cc3)[C@@H]2C1. The fraction of sp³-hybridized carbons (Fsp3) is 0.517. The molecular formula is C29H35N3O2. The monoisotopic (exact) mass is 457 g/mol. The van der Waals surface area contributed by atoms with Gasteiger partial charge in [-0.3, -0.25) is 14.7 Å². The van der Waals surface area contributed by atoms with Gasteiger partial charge in [-0.05, 0) is 61.6 Å². The van der Waals surface area contributed by atoms with Crippen molar-refractivity contribution in [3.05, 3.63) is 65.5 Å². The number of hydrogen-bond acceptors (Lipinski definition) is 4. The zero-order valence-corrected chi connectivity index (χ0v) is 19.9. The Morgan fingerprint density at radius 3 is 2.59 bits per heavy atom. The molecule has 5 heteroatoms. The molecule has 2 saturated heterocycles. The minimum atomic E-state index is 0.119. The largest absolute Gasteiger partial charge is 0.395 e. The maximum Gasteiger partial charge on any atom is 0.227 e. The summed E-state index contributed by atoms with van der Waals surface area (Å²) in [6.45, 7) is 2.65. The van der Waals surface area contributed by atoms with Gasteiger partial charge in [0.15, 0.2) is 0 Å². The van der Waals surface area contributed by atoms with Crippen LogP contribution in [0.3, 0.4) is 0 Å². The maximum atomic E-state index is 13.1. The average molecular weight is 458 g/mol. The molecule has 5 nitrogen and oxygen atoms in total. The number of amides is 1. The van der Waals surface area contributed by atoms with E-state index in [9.17, 15) is 9.90 Å². The summed E-state index contributed by atoms with van der Waals surface area (Å²) in [6.07, 6.45) is 11.0. The Bertz CT molecular complexity index is 1020. The number of rotatable bonds is 4. The van der Waals surface area contributed by atoms with E-state index < -0.39 is 0 Å². The van der Waals surface area contributed by atoms with Gasteiger partial charge in [-0.15, -0.1) is 0 Å². The predicted octanol–water partition coefficient (Wildman–Crippen LogP) is 3.62. The zero-order chi connectivity index (χ0) is 23.3. The van der Waals surface area contributed by atoms with E-state index in [-0.39, 0.29) is 30.5 Å². The molecule has 2 aromatic rings. The fourth-order valence-corrected chi connectivity index (χ4v) is 6.00. The van der Waals surface area contributed by atoms with Crippen LogP contribution in [-0.2, 0) is 11.2 Å². The second-order valence-electron chi connectivity index (χ2n) is 10.0. The first-order chi connectivity index (χ1) is 16.7. The van der Waals surface area contributed by atoms with Gasteiger partial charge in [0.1, 0.15) is 0 Å². The average Bonchev–Trinajstić information content (AvgIpc) is 3.37. The van der Waals surface area contributed by atoms with Crippen molar-refractivity contribution in [2.24, 2.45) is 5.92 Å². The minimum Gasteiger partial charge on any atom is -0.395 e. The molecule has 5 rings (SSSR count). The Morgan fingerprint density at radius 1 is 1.06 bits per heavy atom. The van der Waals surface area contributed by atoms with Gasteiger partial charge in [-0.1, -0.05) is 42.9 Å². The Kier molecular flexibility index (Phi) is 7.27. The smallest absolute Gasteiger partial charge is 0.227 e. The van der Waals surface area contributed by atoms with Crippen LogP contribution in [0.25, 0.3) is 0 Å². The lowest BCUT2D eigenvalue weighted by molar-refractivity contribution is -0.135. The van der Waals surface area contributed by atoms with Crippen LogP contribution in [0.4, 0.5) is 0 Å². The molecule has 1 aromatic heterocycles. The van der Waals surface area contributed by atoms with E-state index in [4.69, 9.17) is 0 Å². The number of fused-ring (bicyclic) bond motifs is 1. The van der Waals surface area contributed by atoms with Crippen molar-refractivity contribution in [1.82, 2.24) is 14.8 Å². The van der Waals surface area contributed by atoms with Gasteiger partial charge in [0.05, 0.1) is 13.0 Å².